The van der Waals surface area contributed by atoms with Crippen LogP contribution in [0.5, 0.6) is 11.5 Å². The van der Waals surface area contributed by atoms with Crippen molar-refractivity contribution in [3.05, 3.63) is 23.3 Å². The third-order valence-corrected chi connectivity index (χ3v) is 2.20. The number of hydrogen-bond acceptors (Lipinski definition) is 4. The summed E-state index contributed by atoms with van der Waals surface area (Å²) >= 11 is 0. The van der Waals surface area contributed by atoms with Crippen LogP contribution in [0.25, 0.3) is 0 Å². The number of ether oxygens (including phenoxy) is 2. The van der Waals surface area contributed by atoms with E-state index in [0.29, 0.717) is 5.75 Å². The number of rotatable bonds is 5. The molecule has 0 aliphatic carbocycles. The minimum Gasteiger partial charge on any atom is -0.497 e. The molecule has 0 radical (unpaired) electrons. The molecule has 1 aromatic carbocycles. The molecule has 6 heteroatoms. The Morgan fingerprint density at radius 3 is 2.24 bits per heavy atom. The number of aromatic carboxylic acids is 1. The van der Waals surface area contributed by atoms with Crippen molar-refractivity contribution >= 4 is 11.9 Å². The first-order chi connectivity index (χ1) is 7.99. The Bertz CT molecular complexity index is 452. The van der Waals surface area contributed by atoms with Gasteiger partial charge >= 0.3 is 11.9 Å². The van der Waals surface area contributed by atoms with Gasteiger partial charge in [0.05, 0.1) is 26.2 Å². The summed E-state index contributed by atoms with van der Waals surface area (Å²) < 4.78 is 9.89. The van der Waals surface area contributed by atoms with Crippen LogP contribution >= 0.6 is 0 Å². The largest absolute Gasteiger partial charge is 0.497 e. The summed E-state index contributed by atoms with van der Waals surface area (Å²) in [6.07, 6.45) is -0.422. The van der Waals surface area contributed by atoms with Crippen molar-refractivity contribution in [2.75, 3.05) is 14.2 Å². The molecule has 0 saturated carbocycles. The molecule has 0 aromatic heterocycles. The summed E-state index contributed by atoms with van der Waals surface area (Å²) in [7, 11) is 2.73. The fourth-order valence-electron chi connectivity index (χ4n) is 1.44. The summed E-state index contributed by atoms with van der Waals surface area (Å²) in [4.78, 5) is 21.7. The quantitative estimate of drug-likeness (QED) is 0.798. The monoisotopic (exact) mass is 240 g/mol. The van der Waals surface area contributed by atoms with Gasteiger partial charge in [0, 0.05) is 11.6 Å². The Labute approximate surface area is 97.4 Å². The van der Waals surface area contributed by atoms with Gasteiger partial charge in [-0.1, -0.05) is 0 Å². The number of carboxylic acids is 2. The van der Waals surface area contributed by atoms with Crippen LogP contribution < -0.4 is 9.47 Å². The second-order valence-corrected chi connectivity index (χ2v) is 3.23. The van der Waals surface area contributed by atoms with E-state index in [1.165, 1.54) is 26.4 Å². The van der Waals surface area contributed by atoms with Gasteiger partial charge in [-0.25, -0.2) is 4.79 Å². The van der Waals surface area contributed by atoms with Gasteiger partial charge in [-0.3, -0.25) is 4.79 Å². The summed E-state index contributed by atoms with van der Waals surface area (Å²) in [5.41, 5.74) is -0.0168. The molecule has 6 nitrogen and oxygen atoms in total. The molecule has 0 spiro atoms. The Balaban J connectivity index is 3.40. The van der Waals surface area contributed by atoms with Gasteiger partial charge in [0.25, 0.3) is 0 Å². The lowest BCUT2D eigenvalue weighted by Gasteiger charge is -2.12. The Hall–Kier alpha value is -2.24. The zero-order chi connectivity index (χ0) is 13.0. The summed E-state index contributed by atoms with van der Waals surface area (Å²) in [5, 5.41) is 17.8. The first-order valence-corrected chi connectivity index (χ1v) is 4.69. The lowest BCUT2D eigenvalue weighted by molar-refractivity contribution is -0.136. The fraction of sp³-hybridized carbons (Fsp3) is 0.273. The van der Waals surface area contributed by atoms with Crippen molar-refractivity contribution in [3.63, 3.8) is 0 Å². The summed E-state index contributed by atoms with van der Waals surface area (Å²) in [5.74, 6) is -1.87. The number of hydrogen-bond donors (Lipinski definition) is 2. The van der Waals surface area contributed by atoms with Gasteiger partial charge in [0.15, 0.2) is 0 Å². The first-order valence-electron chi connectivity index (χ1n) is 4.69. The predicted molar refractivity (Wildman–Crippen MR) is 57.8 cm³/mol. The van der Waals surface area contributed by atoms with Crippen LogP contribution in [0.15, 0.2) is 12.1 Å². The highest BCUT2D eigenvalue weighted by Crippen LogP contribution is 2.29. The van der Waals surface area contributed by atoms with E-state index in [4.69, 9.17) is 19.7 Å². The minimum absolute atomic E-state index is 0.119. The molecule has 0 aliphatic rings. The molecule has 0 aliphatic heterocycles. The van der Waals surface area contributed by atoms with E-state index in [0.717, 1.165) is 0 Å². The Morgan fingerprint density at radius 2 is 1.82 bits per heavy atom. The van der Waals surface area contributed by atoms with Crippen LogP contribution in [0, 0.1) is 0 Å². The maximum absolute atomic E-state index is 11.0. The maximum atomic E-state index is 11.0. The molecule has 0 bridgehead atoms. The third-order valence-electron chi connectivity index (χ3n) is 2.20. The van der Waals surface area contributed by atoms with E-state index >= 15 is 0 Å². The van der Waals surface area contributed by atoms with Crippen LogP contribution in [0.4, 0.5) is 0 Å². The number of carboxylic acid groups (broad SMARTS) is 2. The van der Waals surface area contributed by atoms with E-state index in [1.54, 1.807) is 0 Å². The van der Waals surface area contributed by atoms with Gasteiger partial charge < -0.3 is 19.7 Å². The standard InChI is InChI=1S/C11H12O6/c1-16-6-3-8(11(14)15)7(5-10(12)13)9(4-6)17-2/h3-4H,5H2,1-2H3,(H,12,13)(H,14,15). The number of carbonyl (C=O) groups is 2. The molecule has 1 aromatic rings. The third kappa shape index (κ3) is 2.87. The molecule has 0 heterocycles. The van der Waals surface area contributed by atoms with Crippen LogP contribution in [0.1, 0.15) is 15.9 Å². The normalized spacial score (nSPS) is 9.76. The van der Waals surface area contributed by atoms with Crippen LogP contribution in [-0.4, -0.2) is 36.4 Å². The highest BCUT2D eigenvalue weighted by atomic mass is 16.5. The lowest BCUT2D eigenvalue weighted by atomic mass is 10.0. The number of benzene rings is 1. The molecule has 92 valence electrons. The van der Waals surface area contributed by atoms with Crippen LogP contribution in [0.2, 0.25) is 0 Å². The number of methoxy groups -OCH3 is 2. The van der Waals surface area contributed by atoms with Crippen molar-refractivity contribution in [2.45, 2.75) is 6.42 Å². The van der Waals surface area contributed by atoms with Gasteiger partial charge in [0.1, 0.15) is 11.5 Å². The predicted octanol–water partition coefficient (Wildman–Crippen LogP) is 1.03. The van der Waals surface area contributed by atoms with Crippen LogP contribution in [0.3, 0.4) is 0 Å². The van der Waals surface area contributed by atoms with E-state index in [9.17, 15) is 9.59 Å². The first kappa shape index (κ1) is 12.8. The lowest BCUT2D eigenvalue weighted by Crippen LogP contribution is -2.10. The van der Waals surface area contributed by atoms with E-state index in [2.05, 4.69) is 0 Å². The molecular formula is C11H12O6. The molecule has 2 N–H and O–H groups in total. The number of aliphatic carboxylic acids is 1. The van der Waals surface area contributed by atoms with Crippen molar-refractivity contribution in [1.29, 1.82) is 0 Å². The summed E-state index contributed by atoms with van der Waals surface area (Å²) in [6, 6.07) is 2.72. The van der Waals surface area contributed by atoms with E-state index in [1.807, 2.05) is 0 Å². The molecule has 0 atom stereocenters. The van der Waals surface area contributed by atoms with Crippen molar-refractivity contribution in [3.8, 4) is 11.5 Å². The smallest absolute Gasteiger partial charge is 0.336 e. The highest BCUT2D eigenvalue weighted by Gasteiger charge is 2.19. The second-order valence-electron chi connectivity index (χ2n) is 3.23. The maximum Gasteiger partial charge on any atom is 0.336 e. The van der Waals surface area contributed by atoms with Crippen molar-refractivity contribution in [1.82, 2.24) is 0 Å². The SMILES string of the molecule is COc1cc(OC)c(CC(=O)O)c(C(=O)O)c1. The Kier molecular flexibility index (Phi) is 3.92. The zero-order valence-electron chi connectivity index (χ0n) is 9.39. The molecule has 17 heavy (non-hydrogen) atoms. The Morgan fingerprint density at radius 1 is 1.18 bits per heavy atom. The summed E-state index contributed by atoms with van der Waals surface area (Å²) in [6.45, 7) is 0. The van der Waals surface area contributed by atoms with Crippen molar-refractivity contribution in [2.24, 2.45) is 0 Å². The highest BCUT2D eigenvalue weighted by molar-refractivity contribution is 5.92. The van der Waals surface area contributed by atoms with Crippen molar-refractivity contribution < 1.29 is 29.3 Å². The second kappa shape index (κ2) is 5.20. The van der Waals surface area contributed by atoms with Gasteiger partial charge in [-0.05, 0) is 6.07 Å². The molecule has 0 saturated heterocycles. The van der Waals surface area contributed by atoms with Crippen LogP contribution in [-0.2, 0) is 11.2 Å². The zero-order valence-corrected chi connectivity index (χ0v) is 9.39. The average molecular weight is 240 g/mol. The van der Waals surface area contributed by atoms with Gasteiger partial charge in [-0.2, -0.15) is 0 Å². The van der Waals surface area contributed by atoms with Gasteiger partial charge in [-0.15, -0.1) is 0 Å². The molecule has 0 fully saturated rings. The fourth-order valence-corrected chi connectivity index (χ4v) is 1.44. The molecule has 0 amide bonds. The minimum atomic E-state index is -1.22. The molecule has 0 unspecified atom stereocenters. The topological polar surface area (TPSA) is 93.1 Å². The van der Waals surface area contributed by atoms with Gasteiger partial charge in [0.2, 0.25) is 0 Å². The van der Waals surface area contributed by atoms with E-state index in [-0.39, 0.29) is 16.9 Å². The average Bonchev–Trinajstić information content (AvgIpc) is 2.28. The van der Waals surface area contributed by atoms with E-state index < -0.39 is 18.4 Å². The molecular weight excluding hydrogens is 228 g/mol. The molecule has 1 rings (SSSR count).